The zero-order chi connectivity index (χ0) is 25.2. The highest BCUT2D eigenvalue weighted by atomic mass is 32.1. The van der Waals surface area contributed by atoms with Crippen molar-refractivity contribution in [2.24, 2.45) is 5.73 Å². The number of rotatable bonds is 7. The molecule has 2 heterocycles. The van der Waals surface area contributed by atoms with Crippen molar-refractivity contribution in [3.05, 3.63) is 64.4 Å². The number of pyridine rings is 1. The molecule has 180 valence electrons. The Morgan fingerprint density at radius 2 is 1.85 bits per heavy atom. The number of nitrogens with one attached hydrogen (secondary N) is 2. The predicted molar refractivity (Wildman–Crippen MR) is 125 cm³/mol. The van der Waals surface area contributed by atoms with Gasteiger partial charge >= 0.3 is 6.09 Å². The Balaban J connectivity index is 1.94. The average molecular weight is 491 g/mol. The van der Waals surface area contributed by atoms with Crippen LogP contribution in [-0.2, 0) is 16.9 Å². The van der Waals surface area contributed by atoms with E-state index in [1.54, 1.807) is 19.1 Å². The van der Waals surface area contributed by atoms with Gasteiger partial charge in [-0.3, -0.25) is 4.79 Å². The summed E-state index contributed by atoms with van der Waals surface area (Å²) in [4.78, 5) is 27.8. The van der Waals surface area contributed by atoms with Crippen LogP contribution in [0.4, 0.5) is 24.4 Å². The van der Waals surface area contributed by atoms with Gasteiger partial charge in [0.2, 0.25) is 0 Å². The largest absolute Gasteiger partial charge is 0.445 e. The predicted octanol–water partition coefficient (Wildman–Crippen LogP) is 4.32. The lowest BCUT2D eigenvalue weighted by Crippen LogP contribution is -2.19. The second kappa shape index (κ2) is 9.74. The maximum absolute atomic E-state index is 14.8. The summed E-state index contributed by atoms with van der Waals surface area (Å²) in [5.41, 5.74) is 5.09. The number of benzene rings is 1. The molecule has 0 radical (unpaired) electrons. The van der Waals surface area contributed by atoms with Crippen molar-refractivity contribution in [3.63, 3.8) is 0 Å². The fourth-order valence-corrected chi connectivity index (χ4v) is 4.21. The number of carbonyl (C=O) groups is 2. The average Bonchev–Trinajstić information content (AvgIpc) is 3.15. The molecule has 5 N–H and O–H groups in total. The van der Waals surface area contributed by atoms with E-state index < -0.39 is 29.2 Å². The van der Waals surface area contributed by atoms with Crippen molar-refractivity contribution < 1.29 is 28.2 Å². The number of thiophene rings is 1. The number of amides is 2. The number of anilines is 2. The summed E-state index contributed by atoms with van der Waals surface area (Å²) >= 11 is 0.933. The molecule has 1 aromatic carbocycles. The van der Waals surface area contributed by atoms with Crippen LogP contribution in [0, 0.1) is 18.6 Å². The third-order valence-corrected chi connectivity index (χ3v) is 6.06. The zero-order valence-electron chi connectivity index (χ0n) is 19.0. The number of hydrogen-bond donors (Lipinski definition) is 4. The number of aliphatic hydroxyl groups is 1. The van der Waals surface area contributed by atoms with Gasteiger partial charge in [0.05, 0.1) is 16.7 Å². The van der Waals surface area contributed by atoms with Crippen molar-refractivity contribution >= 4 is 34.2 Å². The summed E-state index contributed by atoms with van der Waals surface area (Å²) in [5.74, 6) is -2.19. The van der Waals surface area contributed by atoms with Crippen LogP contribution in [0.5, 0.6) is 0 Å². The molecule has 0 fully saturated rings. The van der Waals surface area contributed by atoms with Gasteiger partial charge < -0.3 is 26.2 Å². The summed E-state index contributed by atoms with van der Waals surface area (Å²) < 4.78 is 34.6. The summed E-state index contributed by atoms with van der Waals surface area (Å²) in [6.07, 6.45) is -0.575. The minimum atomic E-state index is -1.43. The molecule has 3 rings (SSSR count). The molecule has 0 unspecified atom stereocenters. The van der Waals surface area contributed by atoms with E-state index in [-0.39, 0.29) is 33.2 Å². The Morgan fingerprint density at radius 1 is 1.21 bits per heavy atom. The second-order valence-electron chi connectivity index (χ2n) is 7.98. The lowest BCUT2D eigenvalue weighted by Gasteiger charge is -2.18. The fraction of sp³-hybridized carbons (Fsp3) is 0.261. The van der Waals surface area contributed by atoms with E-state index in [9.17, 15) is 23.5 Å². The first-order valence-corrected chi connectivity index (χ1v) is 11.0. The SMILES string of the molecule is CNC(=O)OCc1ccc(Nc2sc(-c3c(F)cc(C(C)(C)O)cc3F)cc2C(N)=O)nc1C. The number of halogens is 2. The number of aryl methyl sites for hydroxylation is 1. The monoisotopic (exact) mass is 490 g/mol. The van der Waals surface area contributed by atoms with E-state index in [4.69, 9.17) is 10.5 Å². The fourth-order valence-electron chi connectivity index (χ4n) is 3.10. The summed E-state index contributed by atoms with van der Waals surface area (Å²) in [6.45, 7) is 4.58. The number of nitrogens with zero attached hydrogens (tertiary/aromatic N) is 1. The van der Waals surface area contributed by atoms with Crippen LogP contribution in [0.15, 0.2) is 30.3 Å². The normalized spacial score (nSPS) is 11.3. The van der Waals surface area contributed by atoms with E-state index in [1.165, 1.54) is 27.0 Å². The van der Waals surface area contributed by atoms with Crippen LogP contribution < -0.4 is 16.4 Å². The smallest absolute Gasteiger partial charge is 0.407 e. The Morgan fingerprint density at radius 3 is 2.38 bits per heavy atom. The van der Waals surface area contributed by atoms with Gasteiger partial charge in [0.1, 0.15) is 29.1 Å². The maximum Gasteiger partial charge on any atom is 0.407 e. The molecule has 2 aromatic heterocycles. The molecule has 0 aliphatic rings. The van der Waals surface area contributed by atoms with Gasteiger partial charge in [-0.25, -0.2) is 18.6 Å². The summed E-state index contributed by atoms with van der Waals surface area (Å²) in [5, 5.41) is 15.6. The zero-order valence-corrected chi connectivity index (χ0v) is 19.8. The molecule has 0 saturated carbocycles. The Kier molecular flexibility index (Phi) is 7.18. The molecule has 11 heteroatoms. The van der Waals surface area contributed by atoms with Crippen LogP contribution in [0.2, 0.25) is 0 Å². The van der Waals surface area contributed by atoms with Crippen molar-refractivity contribution in [1.82, 2.24) is 10.3 Å². The quantitative estimate of drug-likeness (QED) is 0.391. The van der Waals surface area contributed by atoms with E-state index >= 15 is 0 Å². The van der Waals surface area contributed by atoms with E-state index in [1.807, 2.05) is 0 Å². The highest BCUT2D eigenvalue weighted by Crippen LogP contribution is 2.40. The minimum absolute atomic E-state index is 0.0215. The van der Waals surface area contributed by atoms with Crippen molar-refractivity contribution in [2.45, 2.75) is 33.0 Å². The third-order valence-electron chi connectivity index (χ3n) is 4.99. The summed E-state index contributed by atoms with van der Waals surface area (Å²) in [7, 11) is 1.45. The van der Waals surface area contributed by atoms with Crippen molar-refractivity contribution in [1.29, 1.82) is 0 Å². The third kappa shape index (κ3) is 5.49. The van der Waals surface area contributed by atoms with Crippen LogP contribution in [0.25, 0.3) is 10.4 Å². The first kappa shape index (κ1) is 25.1. The summed E-state index contributed by atoms with van der Waals surface area (Å²) in [6, 6.07) is 6.72. The van der Waals surface area contributed by atoms with E-state index in [0.717, 1.165) is 23.5 Å². The number of hydrogen-bond acceptors (Lipinski definition) is 7. The lowest BCUT2D eigenvalue weighted by atomic mass is 9.96. The molecule has 8 nitrogen and oxygen atoms in total. The Hall–Kier alpha value is -3.57. The highest BCUT2D eigenvalue weighted by Gasteiger charge is 2.24. The molecular weight excluding hydrogens is 466 g/mol. The van der Waals surface area contributed by atoms with Gasteiger partial charge in [0.15, 0.2) is 0 Å². The standard InChI is InChI=1S/C23H24F2N4O4S/c1-11-12(10-33-22(31)27-4)5-6-18(28-11)29-21-14(20(26)30)9-17(34-21)19-15(24)7-13(8-16(19)25)23(2,3)32/h5-9,32H,10H2,1-4H3,(H2,26,30)(H,27,31)(H,28,29). The number of nitrogens with two attached hydrogens (primary N) is 1. The van der Waals surface area contributed by atoms with Gasteiger partial charge in [-0.1, -0.05) is 6.07 Å². The molecule has 0 atom stereocenters. The van der Waals surface area contributed by atoms with Crippen LogP contribution >= 0.6 is 11.3 Å². The van der Waals surface area contributed by atoms with Gasteiger partial charge in [-0.15, -0.1) is 11.3 Å². The first-order chi connectivity index (χ1) is 15.9. The number of aromatic nitrogens is 1. The molecule has 0 aliphatic heterocycles. The van der Waals surface area contributed by atoms with Crippen molar-refractivity contribution in [2.75, 3.05) is 12.4 Å². The van der Waals surface area contributed by atoms with Crippen LogP contribution in [-0.4, -0.2) is 29.1 Å². The van der Waals surface area contributed by atoms with Gasteiger partial charge in [-0.05, 0) is 50.6 Å². The Bertz CT molecular complexity index is 1230. The molecule has 0 bridgehead atoms. The maximum atomic E-state index is 14.8. The van der Waals surface area contributed by atoms with Crippen LogP contribution in [0.1, 0.15) is 41.0 Å². The number of carbonyl (C=O) groups excluding carboxylic acids is 2. The van der Waals surface area contributed by atoms with Crippen molar-refractivity contribution in [3.8, 4) is 10.4 Å². The molecule has 3 aromatic rings. The van der Waals surface area contributed by atoms with Crippen LogP contribution in [0.3, 0.4) is 0 Å². The number of alkyl carbamates (subject to hydrolysis) is 1. The van der Waals surface area contributed by atoms with E-state index in [2.05, 4.69) is 15.6 Å². The second-order valence-corrected chi connectivity index (χ2v) is 9.04. The molecule has 34 heavy (non-hydrogen) atoms. The number of ether oxygens (including phenoxy) is 1. The molecule has 2 amide bonds. The molecular formula is C23H24F2N4O4S. The number of primary amides is 1. The van der Waals surface area contributed by atoms with E-state index in [0.29, 0.717) is 17.1 Å². The Labute approximate surface area is 198 Å². The van der Waals surface area contributed by atoms with Gasteiger partial charge in [0, 0.05) is 23.2 Å². The molecule has 0 saturated heterocycles. The van der Waals surface area contributed by atoms with Gasteiger partial charge in [-0.2, -0.15) is 0 Å². The molecule has 0 aliphatic carbocycles. The highest BCUT2D eigenvalue weighted by molar-refractivity contribution is 7.20. The topological polar surface area (TPSA) is 127 Å². The van der Waals surface area contributed by atoms with Gasteiger partial charge in [0.25, 0.3) is 5.91 Å². The minimum Gasteiger partial charge on any atom is -0.445 e. The molecule has 0 spiro atoms. The lowest BCUT2D eigenvalue weighted by molar-refractivity contribution is 0.0778. The first-order valence-electron chi connectivity index (χ1n) is 10.1.